The number of allylic oxidation sites excluding steroid dienone is 1. The maximum Gasteiger partial charge on any atom is 0.165 e. The summed E-state index contributed by atoms with van der Waals surface area (Å²) >= 11 is 0. The van der Waals surface area contributed by atoms with E-state index in [1.54, 1.807) is 0 Å². The van der Waals surface area contributed by atoms with Crippen LogP contribution in [0.3, 0.4) is 0 Å². The molecule has 0 unspecified atom stereocenters. The van der Waals surface area contributed by atoms with E-state index in [2.05, 4.69) is 32.0 Å². The van der Waals surface area contributed by atoms with Gasteiger partial charge in [-0.15, -0.1) is 5.73 Å². The van der Waals surface area contributed by atoms with Gasteiger partial charge in [0.2, 0.25) is 0 Å². The maximum atomic E-state index is 12.3. The molecule has 0 aliphatic heterocycles. The third-order valence-corrected chi connectivity index (χ3v) is 5.07. The van der Waals surface area contributed by atoms with Crippen LogP contribution in [0.5, 0.6) is 0 Å². The number of Topliss-reactive ketones (excluding diaryl/α,β-unsaturated/α-hetero) is 1. The Morgan fingerprint density at radius 1 is 1.20 bits per heavy atom. The van der Waals surface area contributed by atoms with Crippen LogP contribution in [-0.4, -0.2) is 13.9 Å². The Morgan fingerprint density at radius 2 is 1.73 bits per heavy atom. The predicted molar refractivity (Wildman–Crippen MR) is 67.6 cm³/mol. The van der Waals surface area contributed by atoms with Crippen molar-refractivity contribution in [3.05, 3.63) is 17.5 Å². The molecule has 0 heterocycles. The van der Waals surface area contributed by atoms with E-state index in [1.165, 1.54) is 19.3 Å². The molecule has 1 rings (SSSR count). The van der Waals surface area contributed by atoms with E-state index in [-0.39, 0.29) is 5.92 Å². The van der Waals surface area contributed by atoms with E-state index in [1.807, 2.05) is 0 Å². The van der Waals surface area contributed by atoms with Gasteiger partial charge in [-0.2, -0.15) is 0 Å². The zero-order valence-electron chi connectivity index (χ0n) is 10.2. The first kappa shape index (κ1) is 12.5. The monoisotopic (exact) mass is 222 g/mol. The quantitative estimate of drug-likeness (QED) is 0.404. The molecular weight excluding hydrogens is 200 g/mol. The lowest BCUT2D eigenvalue weighted by atomic mass is 9.86. The van der Waals surface area contributed by atoms with Crippen LogP contribution in [0.4, 0.5) is 0 Å². The smallest absolute Gasteiger partial charge is 0.165 e. The highest BCUT2D eigenvalue weighted by Gasteiger charge is 2.31. The van der Waals surface area contributed by atoms with Gasteiger partial charge < -0.3 is 0 Å². The number of carbonyl (C=O) groups excluding carboxylic acids is 1. The van der Waals surface area contributed by atoms with Crippen molar-refractivity contribution < 1.29 is 4.79 Å². The Bertz CT molecular complexity index is 286. The Hall–Kier alpha value is -0.593. The highest BCUT2D eigenvalue weighted by Crippen LogP contribution is 2.28. The SMILES string of the molecule is C=C=C(C(=O)C1CCCCC1)[Si](C)(C)C. The molecule has 1 aliphatic carbocycles. The second-order valence-electron chi connectivity index (χ2n) is 5.50. The highest BCUT2D eigenvalue weighted by atomic mass is 28.3. The minimum atomic E-state index is -1.54. The van der Waals surface area contributed by atoms with Crippen molar-refractivity contribution in [2.24, 2.45) is 5.92 Å². The molecule has 0 saturated heterocycles. The second-order valence-corrected chi connectivity index (χ2v) is 10.5. The van der Waals surface area contributed by atoms with Gasteiger partial charge in [0, 0.05) is 11.1 Å². The van der Waals surface area contributed by atoms with Crippen molar-refractivity contribution in [1.82, 2.24) is 0 Å². The van der Waals surface area contributed by atoms with Crippen LogP contribution in [0, 0.1) is 5.92 Å². The third kappa shape index (κ3) is 3.18. The van der Waals surface area contributed by atoms with Crippen LogP contribution >= 0.6 is 0 Å². The predicted octanol–water partition coefficient (Wildman–Crippen LogP) is 3.72. The molecule has 0 amide bonds. The summed E-state index contributed by atoms with van der Waals surface area (Å²) < 4.78 is 0. The van der Waals surface area contributed by atoms with Crippen molar-refractivity contribution >= 4 is 13.9 Å². The molecule has 1 nitrogen and oxygen atoms in total. The largest absolute Gasteiger partial charge is 0.294 e. The van der Waals surface area contributed by atoms with Gasteiger partial charge in [-0.05, 0) is 12.8 Å². The van der Waals surface area contributed by atoms with Crippen LogP contribution in [0.1, 0.15) is 32.1 Å². The van der Waals surface area contributed by atoms with Crippen LogP contribution in [-0.2, 0) is 4.79 Å². The van der Waals surface area contributed by atoms with Gasteiger partial charge in [0.15, 0.2) is 5.78 Å². The van der Waals surface area contributed by atoms with Crippen molar-refractivity contribution in [1.29, 1.82) is 0 Å². The minimum Gasteiger partial charge on any atom is -0.294 e. The standard InChI is InChI=1S/C13H22OSi/c1-5-12(15(2,3)4)13(14)11-9-7-6-8-10-11/h11H,1,6-10H2,2-4H3. The molecule has 1 saturated carbocycles. The lowest BCUT2D eigenvalue weighted by Gasteiger charge is -2.25. The zero-order valence-corrected chi connectivity index (χ0v) is 11.2. The molecule has 0 aromatic rings. The van der Waals surface area contributed by atoms with Gasteiger partial charge in [-0.1, -0.05) is 45.5 Å². The topological polar surface area (TPSA) is 17.1 Å². The van der Waals surface area contributed by atoms with E-state index < -0.39 is 8.07 Å². The molecule has 1 aliphatic rings. The summed E-state index contributed by atoms with van der Waals surface area (Å²) in [6.07, 6.45) is 5.88. The Balaban J connectivity index is 2.78. The number of hydrogen-bond donors (Lipinski definition) is 0. The molecule has 1 fully saturated rings. The fourth-order valence-electron chi connectivity index (χ4n) is 2.29. The fraction of sp³-hybridized carbons (Fsp3) is 0.692. The van der Waals surface area contributed by atoms with Crippen LogP contribution in [0.25, 0.3) is 0 Å². The summed E-state index contributed by atoms with van der Waals surface area (Å²) in [5, 5.41) is 0.925. The van der Waals surface area contributed by atoms with E-state index in [0.717, 1.165) is 18.0 Å². The Kier molecular flexibility index (Phi) is 4.12. The molecule has 0 aromatic heterocycles. The van der Waals surface area contributed by atoms with Crippen LogP contribution < -0.4 is 0 Å². The maximum absolute atomic E-state index is 12.3. The third-order valence-electron chi connectivity index (χ3n) is 3.15. The summed E-state index contributed by atoms with van der Waals surface area (Å²) in [4.78, 5) is 12.3. The number of rotatable bonds is 3. The number of hydrogen-bond acceptors (Lipinski definition) is 1. The molecule has 0 aromatic carbocycles. The second kappa shape index (κ2) is 4.96. The Labute approximate surface area is 94.3 Å². The molecule has 84 valence electrons. The summed E-state index contributed by atoms with van der Waals surface area (Å²) in [6.45, 7) is 10.3. The number of ketones is 1. The first-order valence-corrected chi connectivity index (χ1v) is 9.41. The lowest BCUT2D eigenvalue weighted by molar-refractivity contribution is -0.119. The average Bonchev–Trinajstić information content (AvgIpc) is 2.18. The van der Waals surface area contributed by atoms with Crippen molar-refractivity contribution in [2.75, 3.05) is 0 Å². The van der Waals surface area contributed by atoms with Gasteiger partial charge in [0.25, 0.3) is 0 Å². The molecular formula is C13H22OSi. The van der Waals surface area contributed by atoms with E-state index in [9.17, 15) is 4.79 Å². The van der Waals surface area contributed by atoms with E-state index in [0.29, 0.717) is 5.78 Å². The number of carbonyl (C=O) groups is 1. The van der Waals surface area contributed by atoms with Gasteiger partial charge in [0.1, 0.15) is 0 Å². The molecule has 0 spiro atoms. The summed E-state index contributed by atoms with van der Waals surface area (Å²) in [6, 6.07) is 0. The molecule has 15 heavy (non-hydrogen) atoms. The van der Waals surface area contributed by atoms with Crippen LogP contribution in [0.15, 0.2) is 17.5 Å². The fourth-order valence-corrected chi connectivity index (χ4v) is 3.76. The van der Waals surface area contributed by atoms with Crippen molar-refractivity contribution in [3.63, 3.8) is 0 Å². The first-order valence-electron chi connectivity index (χ1n) is 5.91. The highest BCUT2D eigenvalue weighted by molar-refractivity contribution is 6.87. The van der Waals surface area contributed by atoms with Crippen molar-refractivity contribution in [2.45, 2.75) is 51.7 Å². The van der Waals surface area contributed by atoms with Crippen molar-refractivity contribution in [3.8, 4) is 0 Å². The molecule has 0 atom stereocenters. The Morgan fingerprint density at radius 3 is 2.13 bits per heavy atom. The van der Waals surface area contributed by atoms with Crippen LogP contribution in [0.2, 0.25) is 19.6 Å². The normalized spacial score (nSPS) is 18.3. The summed E-state index contributed by atoms with van der Waals surface area (Å²) in [5.41, 5.74) is 2.92. The molecule has 0 bridgehead atoms. The van der Waals surface area contributed by atoms with Gasteiger partial charge in [-0.3, -0.25) is 4.79 Å². The first-order chi connectivity index (χ1) is 6.96. The molecule has 0 N–H and O–H groups in total. The molecule has 2 heteroatoms. The minimum absolute atomic E-state index is 0.273. The summed E-state index contributed by atoms with van der Waals surface area (Å²) in [5.74, 6) is 0.624. The lowest BCUT2D eigenvalue weighted by Crippen LogP contribution is -2.33. The molecule has 0 radical (unpaired) electrons. The van der Waals surface area contributed by atoms with Gasteiger partial charge >= 0.3 is 0 Å². The van der Waals surface area contributed by atoms with E-state index >= 15 is 0 Å². The van der Waals surface area contributed by atoms with Gasteiger partial charge in [-0.25, -0.2) is 0 Å². The van der Waals surface area contributed by atoms with Gasteiger partial charge in [0.05, 0.1) is 8.07 Å². The van der Waals surface area contributed by atoms with E-state index in [4.69, 9.17) is 0 Å². The summed E-state index contributed by atoms with van der Waals surface area (Å²) in [7, 11) is -1.54. The average molecular weight is 222 g/mol. The zero-order chi connectivity index (χ0) is 11.5.